The summed E-state index contributed by atoms with van der Waals surface area (Å²) in [6, 6.07) is 7.09. The van der Waals surface area contributed by atoms with Crippen molar-refractivity contribution in [1.82, 2.24) is 16.0 Å². The van der Waals surface area contributed by atoms with E-state index < -0.39 is 6.10 Å². The van der Waals surface area contributed by atoms with Gasteiger partial charge in [0.05, 0.1) is 6.61 Å². The molecule has 0 bridgehead atoms. The Kier molecular flexibility index (Phi) is 6.16. The lowest BCUT2D eigenvalue weighted by Gasteiger charge is -2.22. The molecule has 3 N–H and O–H groups in total. The second-order valence-electron chi connectivity index (χ2n) is 4.62. The molecular formula is C14H18BrN3O3. The maximum Gasteiger partial charge on any atom is 0.251 e. The monoisotopic (exact) mass is 355 g/mol. The molecule has 114 valence electrons. The molecule has 1 aliphatic heterocycles. The highest BCUT2D eigenvalue weighted by Crippen LogP contribution is 2.10. The van der Waals surface area contributed by atoms with Crippen molar-refractivity contribution in [3.8, 4) is 0 Å². The third-order valence-corrected chi connectivity index (χ3v) is 3.56. The molecule has 1 atom stereocenters. The summed E-state index contributed by atoms with van der Waals surface area (Å²) >= 11 is 3.32. The zero-order valence-corrected chi connectivity index (χ0v) is 13.1. The van der Waals surface area contributed by atoms with Crippen LogP contribution >= 0.6 is 15.9 Å². The van der Waals surface area contributed by atoms with Gasteiger partial charge in [-0.2, -0.15) is 0 Å². The molecule has 1 aliphatic rings. The van der Waals surface area contributed by atoms with Crippen LogP contribution in [0, 0.1) is 0 Å². The number of morpholine rings is 1. The highest BCUT2D eigenvalue weighted by atomic mass is 79.9. The molecule has 1 saturated heterocycles. The number of amides is 2. The minimum atomic E-state index is -0.444. The van der Waals surface area contributed by atoms with E-state index in [1.807, 2.05) is 12.1 Å². The van der Waals surface area contributed by atoms with Crippen molar-refractivity contribution in [2.45, 2.75) is 6.10 Å². The molecule has 0 aromatic heterocycles. The number of nitrogens with one attached hydrogen (secondary N) is 3. The van der Waals surface area contributed by atoms with E-state index in [4.69, 9.17) is 4.74 Å². The van der Waals surface area contributed by atoms with Crippen molar-refractivity contribution in [1.29, 1.82) is 0 Å². The van der Waals surface area contributed by atoms with Gasteiger partial charge in [-0.05, 0) is 24.3 Å². The van der Waals surface area contributed by atoms with E-state index in [-0.39, 0.29) is 11.8 Å². The largest absolute Gasteiger partial charge is 0.366 e. The number of carbonyl (C=O) groups is 2. The molecule has 1 aromatic rings. The number of ether oxygens (including phenoxy) is 1. The number of hydrogen-bond acceptors (Lipinski definition) is 4. The van der Waals surface area contributed by atoms with E-state index in [9.17, 15) is 9.59 Å². The third kappa shape index (κ3) is 5.11. The van der Waals surface area contributed by atoms with Gasteiger partial charge in [0.1, 0.15) is 6.10 Å². The van der Waals surface area contributed by atoms with Gasteiger partial charge in [0.25, 0.3) is 11.8 Å². The first-order valence-corrected chi connectivity index (χ1v) is 7.60. The van der Waals surface area contributed by atoms with Crippen LogP contribution in [0.15, 0.2) is 28.7 Å². The molecule has 2 amide bonds. The quantitative estimate of drug-likeness (QED) is 0.663. The van der Waals surface area contributed by atoms with Crippen LogP contribution in [0.1, 0.15) is 10.4 Å². The van der Waals surface area contributed by atoms with E-state index in [0.29, 0.717) is 31.8 Å². The highest BCUT2D eigenvalue weighted by molar-refractivity contribution is 9.10. The Balaban J connectivity index is 1.66. The zero-order chi connectivity index (χ0) is 15.1. The van der Waals surface area contributed by atoms with Gasteiger partial charge in [0.15, 0.2) is 0 Å². The highest BCUT2D eigenvalue weighted by Gasteiger charge is 2.20. The average Bonchev–Trinajstić information content (AvgIpc) is 2.52. The molecule has 7 heteroatoms. The summed E-state index contributed by atoms with van der Waals surface area (Å²) in [6.45, 7) is 2.59. The van der Waals surface area contributed by atoms with Crippen molar-refractivity contribution in [2.24, 2.45) is 0 Å². The van der Waals surface area contributed by atoms with E-state index >= 15 is 0 Å². The molecule has 1 unspecified atom stereocenters. The van der Waals surface area contributed by atoms with Crippen molar-refractivity contribution in [2.75, 3.05) is 32.8 Å². The Bertz CT molecular complexity index is 487. The van der Waals surface area contributed by atoms with E-state index in [1.165, 1.54) is 0 Å². The summed E-state index contributed by atoms with van der Waals surface area (Å²) in [5, 5.41) is 8.58. The topological polar surface area (TPSA) is 79.5 Å². The van der Waals surface area contributed by atoms with Crippen LogP contribution in [0.3, 0.4) is 0 Å². The van der Waals surface area contributed by atoms with E-state index in [0.717, 1.165) is 11.0 Å². The number of benzene rings is 1. The summed E-state index contributed by atoms with van der Waals surface area (Å²) in [6.07, 6.45) is -0.444. The van der Waals surface area contributed by atoms with Gasteiger partial charge in [0.2, 0.25) is 0 Å². The Labute approximate surface area is 131 Å². The lowest BCUT2D eigenvalue weighted by Crippen LogP contribution is -2.49. The molecule has 6 nitrogen and oxygen atoms in total. The number of rotatable bonds is 5. The summed E-state index contributed by atoms with van der Waals surface area (Å²) in [7, 11) is 0. The molecule has 0 radical (unpaired) electrons. The van der Waals surface area contributed by atoms with Crippen LogP contribution < -0.4 is 16.0 Å². The minimum Gasteiger partial charge on any atom is -0.366 e. The molecule has 1 fully saturated rings. The third-order valence-electron chi connectivity index (χ3n) is 3.04. The van der Waals surface area contributed by atoms with Gasteiger partial charge in [0, 0.05) is 36.2 Å². The summed E-state index contributed by atoms with van der Waals surface area (Å²) in [4.78, 5) is 23.6. The maximum absolute atomic E-state index is 11.8. The molecule has 1 aromatic carbocycles. The molecule has 21 heavy (non-hydrogen) atoms. The van der Waals surface area contributed by atoms with E-state index in [1.54, 1.807) is 12.1 Å². The van der Waals surface area contributed by atoms with Gasteiger partial charge in [-0.1, -0.05) is 15.9 Å². The summed E-state index contributed by atoms with van der Waals surface area (Å²) in [5.41, 5.74) is 0.587. The molecule has 0 aliphatic carbocycles. The second kappa shape index (κ2) is 8.11. The van der Waals surface area contributed by atoms with Gasteiger partial charge >= 0.3 is 0 Å². The first-order valence-electron chi connectivity index (χ1n) is 6.80. The smallest absolute Gasteiger partial charge is 0.251 e. The minimum absolute atomic E-state index is 0.153. The van der Waals surface area contributed by atoms with Crippen LogP contribution in [0.5, 0.6) is 0 Å². The van der Waals surface area contributed by atoms with Crippen LogP contribution in [-0.4, -0.2) is 50.7 Å². The Hall–Kier alpha value is -1.44. The van der Waals surface area contributed by atoms with Crippen molar-refractivity contribution >= 4 is 27.7 Å². The molecule has 1 heterocycles. The Morgan fingerprint density at radius 3 is 2.62 bits per heavy atom. The molecule has 0 spiro atoms. The normalized spacial score (nSPS) is 18.0. The van der Waals surface area contributed by atoms with Crippen LogP contribution in [-0.2, 0) is 9.53 Å². The predicted octanol–water partition coefficient (Wildman–Crippen LogP) is 0.284. The van der Waals surface area contributed by atoms with Crippen molar-refractivity contribution in [3.63, 3.8) is 0 Å². The van der Waals surface area contributed by atoms with Gasteiger partial charge in [-0.3, -0.25) is 9.59 Å². The first kappa shape index (κ1) is 15.9. The van der Waals surface area contributed by atoms with E-state index in [2.05, 4.69) is 31.9 Å². The lowest BCUT2D eigenvalue weighted by molar-refractivity contribution is -0.134. The molecule has 0 saturated carbocycles. The number of halogens is 1. The zero-order valence-electron chi connectivity index (χ0n) is 11.5. The first-order chi connectivity index (χ1) is 10.2. The second-order valence-corrected chi connectivity index (χ2v) is 5.53. The van der Waals surface area contributed by atoms with Crippen LogP contribution in [0.2, 0.25) is 0 Å². The average molecular weight is 356 g/mol. The van der Waals surface area contributed by atoms with Crippen molar-refractivity contribution < 1.29 is 14.3 Å². The fourth-order valence-corrected chi connectivity index (χ4v) is 2.18. The predicted molar refractivity (Wildman–Crippen MR) is 82.1 cm³/mol. The summed E-state index contributed by atoms with van der Waals surface area (Å²) < 4.78 is 6.26. The van der Waals surface area contributed by atoms with Gasteiger partial charge < -0.3 is 20.7 Å². The standard InChI is InChI=1S/C14H18BrN3O3/c15-11-3-1-10(2-4-11)13(19)17-5-6-18-14(20)12-9-16-7-8-21-12/h1-4,12,16H,5-9H2,(H,17,19)(H,18,20). The maximum atomic E-state index is 11.8. The number of hydrogen-bond donors (Lipinski definition) is 3. The SMILES string of the molecule is O=C(NCCNC(=O)C1CNCCO1)c1ccc(Br)cc1. The Morgan fingerprint density at radius 2 is 1.95 bits per heavy atom. The fourth-order valence-electron chi connectivity index (χ4n) is 1.91. The number of carbonyl (C=O) groups excluding carboxylic acids is 2. The lowest BCUT2D eigenvalue weighted by atomic mass is 10.2. The van der Waals surface area contributed by atoms with Gasteiger partial charge in [-0.15, -0.1) is 0 Å². The van der Waals surface area contributed by atoms with Crippen molar-refractivity contribution in [3.05, 3.63) is 34.3 Å². The molecular weight excluding hydrogens is 338 g/mol. The van der Waals surface area contributed by atoms with Gasteiger partial charge in [-0.25, -0.2) is 0 Å². The van der Waals surface area contributed by atoms with Crippen LogP contribution in [0.25, 0.3) is 0 Å². The van der Waals surface area contributed by atoms with Crippen LogP contribution in [0.4, 0.5) is 0 Å². The molecule has 2 rings (SSSR count). The fraction of sp³-hybridized carbons (Fsp3) is 0.429. The Morgan fingerprint density at radius 1 is 1.24 bits per heavy atom. The summed E-state index contributed by atoms with van der Waals surface area (Å²) in [5.74, 6) is -0.313.